The molecule has 0 aliphatic rings. The van der Waals surface area contributed by atoms with Gasteiger partial charge in [0.15, 0.2) is 0 Å². The van der Waals surface area contributed by atoms with Gasteiger partial charge in [0, 0.05) is 34.9 Å². The molecule has 0 saturated carbocycles. The zero-order valence-electron chi connectivity index (χ0n) is 12.3. The molecule has 3 aromatic heterocycles. The molecule has 0 radical (unpaired) electrons. The molecule has 5 aromatic rings. The summed E-state index contributed by atoms with van der Waals surface area (Å²) in [5, 5.41) is 3.49. The minimum absolute atomic E-state index is 0.959. The summed E-state index contributed by atoms with van der Waals surface area (Å²) in [6.07, 6.45) is 5.99. The maximum atomic E-state index is 4.74. The molecule has 0 spiro atoms. The first kappa shape index (κ1) is 12.4. The lowest BCUT2D eigenvalue weighted by molar-refractivity contribution is 1.17. The third-order valence-electron chi connectivity index (χ3n) is 4.25. The lowest BCUT2D eigenvalue weighted by Crippen LogP contribution is -1.90. The molecule has 108 valence electrons. The van der Waals surface area contributed by atoms with Gasteiger partial charge >= 0.3 is 0 Å². The molecule has 0 aliphatic heterocycles. The van der Waals surface area contributed by atoms with Crippen LogP contribution in [0, 0.1) is 0 Å². The third-order valence-corrected chi connectivity index (χ3v) is 4.25. The number of pyridine rings is 1. The van der Waals surface area contributed by atoms with Gasteiger partial charge in [0.1, 0.15) is 5.65 Å². The van der Waals surface area contributed by atoms with Crippen molar-refractivity contribution < 1.29 is 0 Å². The molecular formula is C20H13N3. The standard InChI is InChI=1S/C20H13N3/c1-2-5-17-14(4-1)9-10-21-20(17)15-7-8-16-13-23-11-3-6-19(23)22-18(16)12-15/h1-13H. The van der Waals surface area contributed by atoms with Crippen molar-refractivity contribution in [2.75, 3.05) is 0 Å². The first-order valence-corrected chi connectivity index (χ1v) is 7.60. The lowest BCUT2D eigenvalue weighted by Gasteiger charge is -2.07. The van der Waals surface area contributed by atoms with Gasteiger partial charge in [-0.05, 0) is 29.7 Å². The maximum absolute atomic E-state index is 4.74. The van der Waals surface area contributed by atoms with Gasteiger partial charge in [-0.3, -0.25) is 4.98 Å². The van der Waals surface area contributed by atoms with E-state index in [0.717, 1.165) is 33.2 Å². The van der Waals surface area contributed by atoms with E-state index >= 15 is 0 Å². The van der Waals surface area contributed by atoms with E-state index in [9.17, 15) is 0 Å². The quantitative estimate of drug-likeness (QED) is 0.448. The topological polar surface area (TPSA) is 30.2 Å². The Kier molecular flexibility index (Phi) is 2.50. The first-order chi connectivity index (χ1) is 11.4. The minimum Gasteiger partial charge on any atom is -0.308 e. The van der Waals surface area contributed by atoms with Crippen LogP contribution in [-0.4, -0.2) is 14.4 Å². The predicted molar refractivity (Wildman–Crippen MR) is 93.4 cm³/mol. The first-order valence-electron chi connectivity index (χ1n) is 7.60. The van der Waals surface area contributed by atoms with Gasteiger partial charge < -0.3 is 4.40 Å². The summed E-state index contributed by atoms with van der Waals surface area (Å²) in [7, 11) is 0. The summed E-state index contributed by atoms with van der Waals surface area (Å²) in [4.78, 5) is 9.34. The zero-order chi connectivity index (χ0) is 15.2. The van der Waals surface area contributed by atoms with Gasteiger partial charge in [-0.2, -0.15) is 0 Å². The molecule has 5 rings (SSSR count). The monoisotopic (exact) mass is 295 g/mol. The van der Waals surface area contributed by atoms with Crippen molar-refractivity contribution >= 4 is 27.3 Å². The van der Waals surface area contributed by atoms with Gasteiger partial charge in [0.2, 0.25) is 0 Å². The van der Waals surface area contributed by atoms with E-state index in [1.54, 1.807) is 0 Å². The average Bonchev–Trinajstić information content (AvgIpc) is 3.06. The lowest BCUT2D eigenvalue weighted by atomic mass is 10.0. The van der Waals surface area contributed by atoms with Crippen LogP contribution in [0.2, 0.25) is 0 Å². The largest absolute Gasteiger partial charge is 0.308 e. The second-order valence-corrected chi connectivity index (χ2v) is 5.67. The van der Waals surface area contributed by atoms with Crippen molar-refractivity contribution in [3.8, 4) is 11.3 Å². The molecule has 3 heteroatoms. The molecule has 0 saturated heterocycles. The average molecular weight is 295 g/mol. The number of hydrogen-bond acceptors (Lipinski definition) is 2. The second kappa shape index (κ2) is 4.65. The third kappa shape index (κ3) is 1.90. The SMILES string of the molecule is c1ccc2c(-c3ccc4cn5cccc5nc4c3)nccc2c1. The molecule has 0 unspecified atom stereocenters. The number of nitrogens with zero attached hydrogens (tertiary/aromatic N) is 3. The summed E-state index contributed by atoms with van der Waals surface area (Å²) in [5.41, 5.74) is 4.05. The highest BCUT2D eigenvalue weighted by Gasteiger charge is 2.07. The van der Waals surface area contributed by atoms with Crippen LogP contribution in [0.4, 0.5) is 0 Å². The Bertz CT molecular complexity index is 1170. The fourth-order valence-corrected chi connectivity index (χ4v) is 3.11. The molecule has 23 heavy (non-hydrogen) atoms. The van der Waals surface area contributed by atoms with Gasteiger partial charge in [-0.25, -0.2) is 4.98 Å². The van der Waals surface area contributed by atoms with Crippen LogP contribution in [0.5, 0.6) is 0 Å². The predicted octanol–water partition coefficient (Wildman–Crippen LogP) is 4.70. The van der Waals surface area contributed by atoms with Gasteiger partial charge in [0.25, 0.3) is 0 Å². The number of rotatable bonds is 1. The molecule has 0 amide bonds. The molecule has 3 heterocycles. The van der Waals surface area contributed by atoms with E-state index in [1.165, 1.54) is 5.39 Å². The molecule has 0 aliphatic carbocycles. The summed E-state index contributed by atoms with van der Waals surface area (Å²) in [5.74, 6) is 0. The summed E-state index contributed by atoms with van der Waals surface area (Å²) >= 11 is 0. The highest BCUT2D eigenvalue weighted by molar-refractivity contribution is 5.96. The van der Waals surface area contributed by atoms with Crippen molar-refractivity contribution in [1.82, 2.24) is 14.4 Å². The van der Waals surface area contributed by atoms with E-state index in [-0.39, 0.29) is 0 Å². The van der Waals surface area contributed by atoms with Crippen molar-refractivity contribution in [2.24, 2.45) is 0 Å². The fourth-order valence-electron chi connectivity index (χ4n) is 3.11. The Labute approximate surface area is 132 Å². The van der Waals surface area contributed by atoms with Gasteiger partial charge in [-0.1, -0.05) is 36.4 Å². The van der Waals surface area contributed by atoms with Crippen LogP contribution in [0.15, 0.2) is 79.3 Å². The van der Waals surface area contributed by atoms with Gasteiger partial charge in [-0.15, -0.1) is 0 Å². The van der Waals surface area contributed by atoms with E-state index in [2.05, 4.69) is 53.6 Å². The van der Waals surface area contributed by atoms with Crippen LogP contribution in [-0.2, 0) is 0 Å². The van der Waals surface area contributed by atoms with E-state index < -0.39 is 0 Å². The van der Waals surface area contributed by atoms with E-state index in [4.69, 9.17) is 4.98 Å². The number of aromatic nitrogens is 3. The normalized spacial score (nSPS) is 11.5. The molecule has 0 bridgehead atoms. The maximum Gasteiger partial charge on any atom is 0.137 e. The summed E-state index contributed by atoms with van der Waals surface area (Å²) < 4.78 is 2.04. The van der Waals surface area contributed by atoms with E-state index in [1.807, 2.05) is 35.0 Å². The smallest absolute Gasteiger partial charge is 0.137 e. The molecule has 0 fully saturated rings. The van der Waals surface area contributed by atoms with Crippen molar-refractivity contribution in [3.63, 3.8) is 0 Å². The van der Waals surface area contributed by atoms with Crippen molar-refractivity contribution in [3.05, 3.63) is 79.3 Å². The van der Waals surface area contributed by atoms with Crippen LogP contribution < -0.4 is 0 Å². The molecule has 0 atom stereocenters. The minimum atomic E-state index is 0.959. The number of hydrogen-bond donors (Lipinski definition) is 0. The Morgan fingerprint density at radius 2 is 1.78 bits per heavy atom. The summed E-state index contributed by atoms with van der Waals surface area (Å²) in [6.45, 7) is 0. The highest BCUT2D eigenvalue weighted by Crippen LogP contribution is 2.28. The van der Waals surface area contributed by atoms with Gasteiger partial charge in [0.05, 0.1) is 11.2 Å². The fraction of sp³-hybridized carbons (Fsp3) is 0. The Balaban J connectivity index is 1.80. The molecule has 2 aromatic carbocycles. The van der Waals surface area contributed by atoms with Crippen LogP contribution >= 0.6 is 0 Å². The summed E-state index contributed by atoms with van der Waals surface area (Å²) in [6, 6.07) is 20.8. The van der Waals surface area contributed by atoms with Crippen LogP contribution in [0.3, 0.4) is 0 Å². The Hall–Kier alpha value is -3.20. The molecular weight excluding hydrogens is 282 g/mol. The molecule has 0 N–H and O–H groups in total. The highest BCUT2D eigenvalue weighted by atomic mass is 15.0. The van der Waals surface area contributed by atoms with Crippen LogP contribution in [0.25, 0.3) is 38.6 Å². The van der Waals surface area contributed by atoms with Crippen LogP contribution in [0.1, 0.15) is 0 Å². The van der Waals surface area contributed by atoms with E-state index in [0.29, 0.717) is 0 Å². The number of fused-ring (bicyclic) bond motifs is 3. The number of benzene rings is 2. The second-order valence-electron chi connectivity index (χ2n) is 5.67. The van der Waals surface area contributed by atoms with Crippen molar-refractivity contribution in [2.45, 2.75) is 0 Å². The Morgan fingerprint density at radius 1 is 0.826 bits per heavy atom. The zero-order valence-corrected chi connectivity index (χ0v) is 12.3. The molecule has 3 nitrogen and oxygen atoms in total. The Morgan fingerprint density at radius 3 is 2.78 bits per heavy atom. The van der Waals surface area contributed by atoms with Crippen molar-refractivity contribution in [1.29, 1.82) is 0 Å².